The van der Waals surface area contributed by atoms with Crippen molar-refractivity contribution in [1.82, 2.24) is 0 Å². The first kappa shape index (κ1) is 20.1. The van der Waals surface area contributed by atoms with Crippen LogP contribution in [-0.2, 0) is 4.74 Å². The third-order valence-electron chi connectivity index (χ3n) is 4.20. The maximum atomic E-state index is 12.7. The summed E-state index contributed by atoms with van der Waals surface area (Å²) in [6.07, 6.45) is 0. The van der Waals surface area contributed by atoms with E-state index in [9.17, 15) is 9.59 Å². The van der Waals surface area contributed by atoms with Gasteiger partial charge < -0.3 is 10.1 Å². The maximum absolute atomic E-state index is 12.7. The van der Waals surface area contributed by atoms with Gasteiger partial charge in [0, 0.05) is 21.0 Å². The van der Waals surface area contributed by atoms with Crippen LogP contribution in [0, 0.1) is 13.8 Å². The van der Waals surface area contributed by atoms with Crippen molar-refractivity contribution in [1.29, 1.82) is 0 Å². The number of rotatable bonds is 5. The van der Waals surface area contributed by atoms with Crippen LogP contribution in [0.5, 0.6) is 0 Å². The molecule has 1 aromatic heterocycles. The van der Waals surface area contributed by atoms with Crippen LogP contribution < -0.4 is 5.32 Å². The second-order valence-electron chi connectivity index (χ2n) is 6.29. The lowest BCUT2D eigenvalue weighted by molar-refractivity contribution is 0.0529. The predicted octanol–water partition coefficient (Wildman–Crippen LogP) is 6.11. The molecule has 0 bridgehead atoms. The second kappa shape index (κ2) is 8.59. The van der Waals surface area contributed by atoms with Crippen molar-refractivity contribution in [3.8, 4) is 11.1 Å². The zero-order valence-electron chi connectivity index (χ0n) is 15.8. The lowest BCUT2D eigenvalue weighted by atomic mass is 10.0. The van der Waals surface area contributed by atoms with Crippen molar-refractivity contribution in [3.63, 3.8) is 0 Å². The molecule has 3 rings (SSSR count). The summed E-state index contributed by atoms with van der Waals surface area (Å²) < 4.78 is 5.26. The zero-order valence-corrected chi connectivity index (χ0v) is 17.4. The van der Waals surface area contributed by atoms with E-state index in [1.165, 1.54) is 11.3 Å². The molecule has 4 nitrogen and oxygen atoms in total. The molecule has 0 radical (unpaired) electrons. The fourth-order valence-electron chi connectivity index (χ4n) is 2.96. The van der Waals surface area contributed by atoms with Gasteiger partial charge in [-0.25, -0.2) is 4.79 Å². The first-order valence-corrected chi connectivity index (χ1v) is 10.0. The van der Waals surface area contributed by atoms with Crippen LogP contribution in [0.25, 0.3) is 11.1 Å². The van der Waals surface area contributed by atoms with E-state index in [0.717, 1.165) is 21.6 Å². The third-order valence-corrected chi connectivity index (χ3v) is 5.48. The van der Waals surface area contributed by atoms with Gasteiger partial charge in [-0.3, -0.25) is 4.79 Å². The molecule has 0 aliphatic rings. The van der Waals surface area contributed by atoms with Gasteiger partial charge in [-0.15, -0.1) is 11.3 Å². The molecular formula is C22H20ClNO3S. The lowest BCUT2D eigenvalue weighted by Crippen LogP contribution is -2.15. The van der Waals surface area contributed by atoms with Gasteiger partial charge in [-0.05, 0) is 50.6 Å². The Hall–Kier alpha value is -2.63. The Balaban J connectivity index is 2.05. The van der Waals surface area contributed by atoms with E-state index >= 15 is 0 Å². The van der Waals surface area contributed by atoms with Crippen LogP contribution in [0.3, 0.4) is 0 Å². The molecular weight excluding hydrogens is 394 g/mol. The lowest BCUT2D eigenvalue weighted by Gasteiger charge is -2.09. The fraction of sp³-hybridized carbons (Fsp3) is 0.182. The van der Waals surface area contributed by atoms with Crippen molar-refractivity contribution in [3.05, 3.63) is 75.1 Å². The number of benzene rings is 2. The van der Waals surface area contributed by atoms with E-state index in [1.54, 1.807) is 31.2 Å². The summed E-state index contributed by atoms with van der Waals surface area (Å²) in [5.41, 5.74) is 3.49. The average Bonchev–Trinajstić information content (AvgIpc) is 2.98. The van der Waals surface area contributed by atoms with Crippen molar-refractivity contribution >= 4 is 39.8 Å². The molecule has 3 aromatic rings. The Bertz CT molecular complexity index is 1020. The minimum absolute atomic E-state index is 0.249. The normalized spacial score (nSPS) is 10.6. The molecule has 1 N–H and O–H groups in total. The van der Waals surface area contributed by atoms with Crippen molar-refractivity contribution in [2.24, 2.45) is 0 Å². The molecule has 0 spiro atoms. The Labute approximate surface area is 173 Å². The Morgan fingerprint density at radius 3 is 2.46 bits per heavy atom. The first-order valence-electron chi connectivity index (χ1n) is 8.85. The van der Waals surface area contributed by atoms with E-state index in [-0.39, 0.29) is 12.5 Å². The molecule has 1 heterocycles. The molecule has 1 amide bonds. The Morgan fingerprint density at radius 1 is 1.11 bits per heavy atom. The zero-order chi connectivity index (χ0) is 20.3. The summed E-state index contributed by atoms with van der Waals surface area (Å²) in [6, 6.07) is 14.6. The van der Waals surface area contributed by atoms with Crippen LogP contribution in [0.4, 0.5) is 5.00 Å². The maximum Gasteiger partial charge on any atom is 0.341 e. The average molecular weight is 414 g/mol. The highest BCUT2D eigenvalue weighted by Gasteiger charge is 2.25. The molecule has 0 atom stereocenters. The minimum atomic E-state index is -0.462. The van der Waals surface area contributed by atoms with Crippen LogP contribution in [-0.4, -0.2) is 18.5 Å². The Morgan fingerprint density at radius 2 is 1.82 bits per heavy atom. The largest absolute Gasteiger partial charge is 0.462 e. The molecule has 0 saturated carbocycles. The van der Waals surface area contributed by atoms with Crippen LogP contribution in [0.2, 0.25) is 5.02 Å². The summed E-state index contributed by atoms with van der Waals surface area (Å²) in [4.78, 5) is 26.4. The highest BCUT2D eigenvalue weighted by atomic mass is 35.5. The summed E-state index contributed by atoms with van der Waals surface area (Å²) in [5.74, 6) is -0.727. The molecule has 6 heteroatoms. The van der Waals surface area contributed by atoms with E-state index in [4.69, 9.17) is 16.3 Å². The van der Waals surface area contributed by atoms with Crippen molar-refractivity contribution < 1.29 is 14.3 Å². The van der Waals surface area contributed by atoms with E-state index in [2.05, 4.69) is 5.32 Å². The van der Waals surface area contributed by atoms with Gasteiger partial charge in [0.2, 0.25) is 0 Å². The number of ether oxygens (including phenoxy) is 1. The van der Waals surface area contributed by atoms with Crippen molar-refractivity contribution in [2.75, 3.05) is 11.9 Å². The standard InChI is InChI=1S/C22H20ClNO3S/c1-4-27-22(26)19-18(15-8-10-17(23)11-9-15)14(3)28-21(19)24-20(25)16-7-5-6-13(2)12-16/h5-12H,4H2,1-3H3,(H,24,25). The summed E-state index contributed by atoms with van der Waals surface area (Å²) in [5, 5.41) is 3.98. The van der Waals surface area contributed by atoms with Crippen LogP contribution in [0.15, 0.2) is 48.5 Å². The third kappa shape index (κ3) is 4.26. The number of carbonyl (C=O) groups is 2. The van der Waals surface area contributed by atoms with Gasteiger partial charge in [0.15, 0.2) is 0 Å². The topological polar surface area (TPSA) is 55.4 Å². The number of carbonyl (C=O) groups excluding carboxylic acids is 2. The molecule has 0 unspecified atom stereocenters. The number of aryl methyl sites for hydroxylation is 2. The molecule has 0 aliphatic heterocycles. The molecule has 2 aromatic carbocycles. The summed E-state index contributed by atoms with van der Waals surface area (Å²) in [6.45, 7) is 5.84. The number of nitrogens with one attached hydrogen (secondary N) is 1. The number of amides is 1. The number of anilines is 1. The monoisotopic (exact) mass is 413 g/mol. The predicted molar refractivity (Wildman–Crippen MR) is 115 cm³/mol. The van der Waals surface area contributed by atoms with Gasteiger partial charge in [0.05, 0.1) is 6.61 Å². The molecule has 0 aliphatic carbocycles. The Kier molecular flexibility index (Phi) is 6.17. The molecule has 28 heavy (non-hydrogen) atoms. The molecule has 0 fully saturated rings. The minimum Gasteiger partial charge on any atom is -0.462 e. The van der Waals surface area contributed by atoms with Gasteiger partial charge in [-0.1, -0.05) is 41.4 Å². The number of halogens is 1. The first-order chi connectivity index (χ1) is 13.4. The van der Waals surface area contributed by atoms with Gasteiger partial charge in [0.1, 0.15) is 10.6 Å². The SMILES string of the molecule is CCOC(=O)c1c(NC(=O)c2cccc(C)c2)sc(C)c1-c1ccc(Cl)cc1. The quantitative estimate of drug-likeness (QED) is 0.513. The molecule has 0 saturated heterocycles. The van der Waals surface area contributed by atoms with E-state index in [0.29, 0.717) is 21.2 Å². The highest BCUT2D eigenvalue weighted by molar-refractivity contribution is 7.17. The number of esters is 1. The smallest absolute Gasteiger partial charge is 0.341 e. The van der Waals surface area contributed by atoms with E-state index < -0.39 is 5.97 Å². The number of thiophene rings is 1. The van der Waals surface area contributed by atoms with Crippen LogP contribution in [0.1, 0.15) is 38.1 Å². The summed E-state index contributed by atoms with van der Waals surface area (Å²) in [7, 11) is 0. The van der Waals surface area contributed by atoms with Crippen molar-refractivity contribution in [2.45, 2.75) is 20.8 Å². The van der Waals surface area contributed by atoms with Gasteiger partial charge >= 0.3 is 5.97 Å². The fourth-order valence-corrected chi connectivity index (χ4v) is 4.14. The van der Waals surface area contributed by atoms with Gasteiger partial charge in [-0.2, -0.15) is 0 Å². The van der Waals surface area contributed by atoms with E-state index in [1.807, 2.05) is 38.1 Å². The van der Waals surface area contributed by atoms with Crippen LogP contribution >= 0.6 is 22.9 Å². The van der Waals surface area contributed by atoms with Gasteiger partial charge in [0.25, 0.3) is 5.91 Å². The second-order valence-corrected chi connectivity index (χ2v) is 7.95. The number of hydrogen-bond acceptors (Lipinski definition) is 4. The number of hydrogen-bond donors (Lipinski definition) is 1. The highest BCUT2D eigenvalue weighted by Crippen LogP contribution is 2.40. The molecule has 144 valence electrons. The summed E-state index contributed by atoms with van der Waals surface area (Å²) >= 11 is 7.36.